The van der Waals surface area contributed by atoms with E-state index in [0.29, 0.717) is 11.2 Å². The molecule has 1 N–H and O–H groups in total. The number of carbonyl (C=O) groups excluding carboxylic acids is 2. The van der Waals surface area contributed by atoms with Gasteiger partial charge in [-0.2, -0.15) is 0 Å². The number of anilines is 1. The van der Waals surface area contributed by atoms with Gasteiger partial charge in [0, 0.05) is 24.7 Å². The number of halogens is 1. The van der Waals surface area contributed by atoms with E-state index in [0.717, 1.165) is 27.3 Å². The summed E-state index contributed by atoms with van der Waals surface area (Å²) in [5.41, 5.74) is 0.400. The predicted molar refractivity (Wildman–Crippen MR) is 106 cm³/mol. The van der Waals surface area contributed by atoms with Crippen LogP contribution in [0.5, 0.6) is 0 Å². The first-order chi connectivity index (χ1) is 13.3. The molecule has 0 radical (unpaired) electrons. The first-order valence-corrected chi connectivity index (χ1v) is 9.09. The molecule has 0 aliphatic rings. The summed E-state index contributed by atoms with van der Waals surface area (Å²) < 4.78 is 14.5. The number of hydrogen-bond donors (Lipinski definition) is 1. The highest BCUT2D eigenvalue weighted by atomic mass is 32.2. The van der Waals surface area contributed by atoms with Gasteiger partial charge in [0.05, 0.1) is 17.2 Å². The third kappa shape index (κ3) is 4.55. The van der Waals surface area contributed by atoms with Crippen molar-refractivity contribution in [1.82, 2.24) is 14.5 Å². The molecule has 2 aromatic carbocycles. The van der Waals surface area contributed by atoms with Crippen LogP contribution in [0.2, 0.25) is 0 Å². The van der Waals surface area contributed by atoms with E-state index in [1.54, 1.807) is 38.4 Å². The number of thioether (sulfide) groups is 1. The minimum Gasteiger partial charge on any atom is -0.339 e. The average Bonchev–Trinajstić information content (AvgIpc) is 2.66. The summed E-state index contributed by atoms with van der Waals surface area (Å²) in [5.74, 6) is -0.969. The standard InChI is InChI=1S/C19H17FN4O3S/c1-23(2)19(27)28-14-6-4-13(5-7-14)22-17(25)10-24-11-21-16-8-3-12(20)9-15(16)18(24)26/h3-9,11H,10H2,1-2H3,(H,22,25). The van der Waals surface area contributed by atoms with Crippen molar-refractivity contribution >= 4 is 39.5 Å². The second-order valence-electron chi connectivity index (χ2n) is 6.17. The number of nitrogens with one attached hydrogen (secondary N) is 1. The molecule has 0 saturated carbocycles. The van der Waals surface area contributed by atoms with Crippen LogP contribution in [0.3, 0.4) is 0 Å². The van der Waals surface area contributed by atoms with Crippen molar-refractivity contribution in [3.63, 3.8) is 0 Å². The van der Waals surface area contributed by atoms with Crippen LogP contribution in [0, 0.1) is 5.82 Å². The number of nitrogens with zero attached hydrogens (tertiary/aromatic N) is 3. The molecule has 7 nitrogen and oxygen atoms in total. The molecular formula is C19H17FN4O3S. The lowest BCUT2D eigenvalue weighted by Crippen LogP contribution is -2.28. The zero-order valence-electron chi connectivity index (χ0n) is 15.2. The van der Waals surface area contributed by atoms with Crippen LogP contribution in [0.15, 0.2) is 58.5 Å². The molecule has 0 atom stereocenters. The van der Waals surface area contributed by atoms with Crippen LogP contribution in [-0.2, 0) is 11.3 Å². The van der Waals surface area contributed by atoms with Gasteiger partial charge in [-0.15, -0.1) is 0 Å². The summed E-state index contributed by atoms with van der Waals surface area (Å²) in [5, 5.41) is 2.69. The van der Waals surface area contributed by atoms with E-state index in [9.17, 15) is 18.8 Å². The third-order valence-corrected chi connectivity index (χ3v) is 4.86. The SMILES string of the molecule is CN(C)C(=O)Sc1ccc(NC(=O)Cn2cnc3ccc(F)cc3c2=O)cc1. The van der Waals surface area contributed by atoms with Gasteiger partial charge in [0.2, 0.25) is 5.91 Å². The van der Waals surface area contributed by atoms with Gasteiger partial charge in [-0.25, -0.2) is 9.37 Å². The predicted octanol–water partition coefficient (Wildman–Crippen LogP) is 2.95. The lowest BCUT2D eigenvalue weighted by Gasteiger charge is -2.10. The fraction of sp³-hybridized carbons (Fsp3) is 0.158. The van der Waals surface area contributed by atoms with Crippen molar-refractivity contribution < 1.29 is 14.0 Å². The first kappa shape index (κ1) is 19.6. The summed E-state index contributed by atoms with van der Waals surface area (Å²) in [6.07, 6.45) is 1.26. The molecule has 144 valence electrons. The first-order valence-electron chi connectivity index (χ1n) is 8.27. The van der Waals surface area contributed by atoms with Gasteiger partial charge in [-0.3, -0.25) is 19.0 Å². The molecule has 0 spiro atoms. The Morgan fingerprint density at radius 1 is 1.18 bits per heavy atom. The highest BCUT2D eigenvalue weighted by Gasteiger charge is 2.10. The van der Waals surface area contributed by atoms with E-state index in [4.69, 9.17) is 0 Å². The van der Waals surface area contributed by atoms with Crippen molar-refractivity contribution in [3.05, 3.63) is 65.0 Å². The van der Waals surface area contributed by atoms with E-state index in [2.05, 4.69) is 10.3 Å². The van der Waals surface area contributed by atoms with Crippen LogP contribution >= 0.6 is 11.8 Å². The normalized spacial score (nSPS) is 10.7. The van der Waals surface area contributed by atoms with Crippen molar-refractivity contribution in [2.45, 2.75) is 11.4 Å². The molecule has 3 aromatic rings. The smallest absolute Gasteiger partial charge is 0.285 e. The van der Waals surface area contributed by atoms with Crippen molar-refractivity contribution in [1.29, 1.82) is 0 Å². The molecule has 0 aliphatic carbocycles. The van der Waals surface area contributed by atoms with Gasteiger partial charge in [0.15, 0.2) is 0 Å². The van der Waals surface area contributed by atoms with E-state index in [1.165, 1.54) is 23.4 Å². The van der Waals surface area contributed by atoms with Gasteiger partial charge in [-0.1, -0.05) is 0 Å². The fourth-order valence-electron chi connectivity index (χ4n) is 2.40. The van der Waals surface area contributed by atoms with Crippen molar-refractivity contribution in [2.75, 3.05) is 19.4 Å². The molecule has 1 heterocycles. The lowest BCUT2D eigenvalue weighted by atomic mass is 10.2. The molecule has 2 amide bonds. The number of carbonyl (C=O) groups is 2. The molecule has 0 unspecified atom stereocenters. The van der Waals surface area contributed by atoms with Gasteiger partial charge in [0.25, 0.3) is 10.8 Å². The number of fused-ring (bicyclic) bond motifs is 1. The van der Waals surface area contributed by atoms with E-state index in [1.807, 2.05) is 0 Å². The molecule has 0 bridgehead atoms. The highest BCUT2D eigenvalue weighted by molar-refractivity contribution is 8.13. The van der Waals surface area contributed by atoms with Gasteiger partial charge >= 0.3 is 0 Å². The summed E-state index contributed by atoms with van der Waals surface area (Å²) >= 11 is 1.08. The number of aromatic nitrogens is 2. The van der Waals surface area contributed by atoms with Crippen LogP contribution in [0.4, 0.5) is 14.9 Å². The Morgan fingerprint density at radius 3 is 2.57 bits per heavy atom. The molecule has 3 rings (SSSR count). The summed E-state index contributed by atoms with van der Waals surface area (Å²) in [6, 6.07) is 10.5. The Morgan fingerprint density at radius 2 is 1.89 bits per heavy atom. The Labute approximate surface area is 164 Å². The zero-order chi connectivity index (χ0) is 20.3. The summed E-state index contributed by atoms with van der Waals surface area (Å²) in [6.45, 7) is -0.256. The van der Waals surface area contributed by atoms with Gasteiger partial charge in [-0.05, 0) is 54.2 Å². The lowest BCUT2D eigenvalue weighted by molar-refractivity contribution is -0.116. The Hall–Kier alpha value is -3.20. The maximum absolute atomic E-state index is 13.4. The number of rotatable bonds is 4. The summed E-state index contributed by atoms with van der Waals surface area (Å²) in [4.78, 5) is 42.6. The van der Waals surface area contributed by atoms with E-state index >= 15 is 0 Å². The maximum Gasteiger partial charge on any atom is 0.285 e. The van der Waals surface area contributed by atoms with Gasteiger partial charge < -0.3 is 10.2 Å². The Bertz CT molecular complexity index is 1100. The minimum absolute atomic E-state index is 0.101. The molecular weight excluding hydrogens is 383 g/mol. The van der Waals surface area contributed by atoms with E-state index in [-0.39, 0.29) is 17.2 Å². The van der Waals surface area contributed by atoms with Crippen LogP contribution < -0.4 is 10.9 Å². The molecule has 0 fully saturated rings. The Balaban J connectivity index is 1.69. The Kier molecular flexibility index (Phi) is 5.74. The molecule has 1 aromatic heterocycles. The molecule has 0 saturated heterocycles. The van der Waals surface area contributed by atoms with E-state index < -0.39 is 17.3 Å². The fourth-order valence-corrected chi connectivity index (χ4v) is 3.05. The number of hydrogen-bond acceptors (Lipinski definition) is 5. The highest BCUT2D eigenvalue weighted by Crippen LogP contribution is 2.22. The second kappa shape index (κ2) is 8.22. The zero-order valence-corrected chi connectivity index (χ0v) is 16.0. The molecule has 0 aliphatic heterocycles. The van der Waals surface area contributed by atoms with Crippen LogP contribution in [0.1, 0.15) is 0 Å². The maximum atomic E-state index is 13.4. The number of amides is 2. The van der Waals surface area contributed by atoms with Crippen LogP contribution in [0.25, 0.3) is 10.9 Å². The summed E-state index contributed by atoms with van der Waals surface area (Å²) in [7, 11) is 3.34. The largest absolute Gasteiger partial charge is 0.339 e. The minimum atomic E-state index is -0.542. The van der Waals surface area contributed by atoms with Crippen LogP contribution in [-0.4, -0.2) is 39.7 Å². The molecule has 9 heteroatoms. The quantitative estimate of drug-likeness (QED) is 0.681. The average molecular weight is 400 g/mol. The second-order valence-corrected chi connectivity index (χ2v) is 7.20. The monoisotopic (exact) mass is 400 g/mol. The van der Waals surface area contributed by atoms with Crippen molar-refractivity contribution in [3.8, 4) is 0 Å². The number of benzene rings is 2. The third-order valence-electron chi connectivity index (χ3n) is 3.81. The topological polar surface area (TPSA) is 84.3 Å². The van der Waals surface area contributed by atoms with Gasteiger partial charge in [0.1, 0.15) is 12.4 Å². The van der Waals surface area contributed by atoms with Crippen molar-refractivity contribution in [2.24, 2.45) is 0 Å². The molecule has 28 heavy (non-hydrogen) atoms.